The highest BCUT2D eigenvalue weighted by Crippen LogP contribution is 2.31. The third-order valence-corrected chi connectivity index (χ3v) is 3.85. The Morgan fingerprint density at radius 1 is 1.05 bits per heavy atom. The van der Waals surface area contributed by atoms with Crippen molar-refractivity contribution in [3.63, 3.8) is 0 Å². The van der Waals surface area contributed by atoms with Crippen molar-refractivity contribution in [2.75, 3.05) is 0 Å². The second-order valence-corrected chi connectivity index (χ2v) is 6.64. The van der Waals surface area contributed by atoms with Crippen LogP contribution < -0.4 is 0 Å². The van der Waals surface area contributed by atoms with Gasteiger partial charge in [-0.25, -0.2) is 0 Å². The number of aromatic hydroxyl groups is 2. The van der Waals surface area contributed by atoms with Gasteiger partial charge in [0.25, 0.3) is 0 Å². The van der Waals surface area contributed by atoms with Crippen molar-refractivity contribution in [2.45, 2.75) is 38.5 Å². The number of carbonyl (C=O) groups is 1. The SMILES string of the molecule is CC(C)(C)c1ccc(CC(C=O)c2ccc(O)cc2O)cc1. The van der Waals surface area contributed by atoms with Crippen LogP contribution in [0.1, 0.15) is 43.4 Å². The third kappa shape index (κ3) is 3.67. The molecule has 0 fully saturated rings. The molecule has 1 atom stereocenters. The van der Waals surface area contributed by atoms with Gasteiger partial charge in [0.05, 0.1) is 0 Å². The van der Waals surface area contributed by atoms with Gasteiger partial charge in [-0.05, 0) is 29.0 Å². The second-order valence-electron chi connectivity index (χ2n) is 6.64. The first-order valence-electron chi connectivity index (χ1n) is 7.38. The Morgan fingerprint density at radius 3 is 2.18 bits per heavy atom. The summed E-state index contributed by atoms with van der Waals surface area (Å²) in [6, 6.07) is 12.5. The van der Waals surface area contributed by atoms with E-state index in [1.54, 1.807) is 6.07 Å². The fourth-order valence-electron chi connectivity index (χ4n) is 2.47. The molecule has 116 valence electrons. The van der Waals surface area contributed by atoms with Crippen LogP contribution in [0.2, 0.25) is 0 Å². The van der Waals surface area contributed by atoms with Crippen LogP contribution in [0.25, 0.3) is 0 Å². The van der Waals surface area contributed by atoms with E-state index in [4.69, 9.17) is 0 Å². The molecular formula is C19H22O3. The van der Waals surface area contributed by atoms with Gasteiger partial charge < -0.3 is 15.0 Å². The molecule has 0 aliphatic heterocycles. The van der Waals surface area contributed by atoms with Gasteiger partial charge in [-0.15, -0.1) is 0 Å². The smallest absolute Gasteiger partial charge is 0.127 e. The highest BCUT2D eigenvalue weighted by atomic mass is 16.3. The minimum Gasteiger partial charge on any atom is -0.508 e. The molecule has 3 nitrogen and oxygen atoms in total. The zero-order chi connectivity index (χ0) is 16.3. The number of hydrogen-bond acceptors (Lipinski definition) is 3. The first-order chi connectivity index (χ1) is 10.3. The molecular weight excluding hydrogens is 276 g/mol. The van der Waals surface area contributed by atoms with Crippen LogP contribution in [0, 0.1) is 0 Å². The number of carbonyl (C=O) groups excluding carboxylic acids is 1. The first-order valence-corrected chi connectivity index (χ1v) is 7.38. The van der Waals surface area contributed by atoms with Gasteiger partial charge in [-0.3, -0.25) is 0 Å². The summed E-state index contributed by atoms with van der Waals surface area (Å²) in [4.78, 5) is 11.4. The highest BCUT2D eigenvalue weighted by Gasteiger charge is 2.17. The van der Waals surface area contributed by atoms with Crippen LogP contribution in [0.4, 0.5) is 0 Å². The van der Waals surface area contributed by atoms with Gasteiger partial charge in [-0.1, -0.05) is 51.1 Å². The summed E-state index contributed by atoms with van der Waals surface area (Å²) in [5.74, 6) is -0.495. The lowest BCUT2D eigenvalue weighted by Gasteiger charge is -2.19. The topological polar surface area (TPSA) is 57.5 Å². The molecule has 0 amide bonds. The van der Waals surface area contributed by atoms with Gasteiger partial charge in [0.15, 0.2) is 0 Å². The lowest BCUT2D eigenvalue weighted by atomic mass is 9.85. The predicted molar refractivity (Wildman–Crippen MR) is 87.4 cm³/mol. The van der Waals surface area contributed by atoms with Crippen LogP contribution >= 0.6 is 0 Å². The van der Waals surface area contributed by atoms with E-state index < -0.39 is 5.92 Å². The van der Waals surface area contributed by atoms with Crippen LogP contribution in [0.3, 0.4) is 0 Å². The molecule has 0 aliphatic rings. The second kappa shape index (κ2) is 6.22. The highest BCUT2D eigenvalue weighted by molar-refractivity contribution is 5.65. The minimum atomic E-state index is -0.430. The monoisotopic (exact) mass is 298 g/mol. The van der Waals surface area contributed by atoms with Gasteiger partial charge in [-0.2, -0.15) is 0 Å². The molecule has 2 aromatic carbocycles. The molecule has 3 heteroatoms. The summed E-state index contributed by atoms with van der Waals surface area (Å²) >= 11 is 0. The molecule has 0 aromatic heterocycles. The van der Waals surface area contributed by atoms with Crippen molar-refractivity contribution in [1.82, 2.24) is 0 Å². The third-order valence-electron chi connectivity index (χ3n) is 3.85. The summed E-state index contributed by atoms with van der Waals surface area (Å²) < 4.78 is 0. The first kappa shape index (κ1) is 16.1. The maximum Gasteiger partial charge on any atom is 0.127 e. The van der Waals surface area contributed by atoms with E-state index in [0.717, 1.165) is 11.8 Å². The minimum absolute atomic E-state index is 0.0135. The number of hydrogen-bond donors (Lipinski definition) is 2. The summed E-state index contributed by atoms with van der Waals surface area (Å²) in [6.45, 7) is 6.47. The van der Waals surface area contributed by atoms with Gasteiger partial charge in [0, 0.05) is 17.5 Å². The molecule has 2 aromatic rings. The molecule has 0 spiro atoms. The average Bonchev–Trinajstić information content (AvgIpc) is 2.45. The zero-order valence-corrected chi connectivity index (χ0v) is 13.2. The number of phenolic OH excluding ortho intramolecular Hbond substituents is 2. The summed E-state index contributed by atoms with van der Waals surface area (Å²) in [5, 5.41) is 19.2. The summed E-state index contributed by atoms with van der Waals surface area (Å²) in [6.07, 6.45) is 1.36. The van der Waals surface area contributed by atoms with Crippen molar-refractivity contribution >= 4 is 6.29 Å². The lowest BCUT2D eigenvalue weighted by Crippen LogP contribution is -2.11. The fourth-order valence-corrected chi connectivity index (χ4v) is 2.47. The Morgan fingerprint density at radius 2 is 1.68 bits per heavy atom. The Bertz CT molecular complexity index is 651. The molecule has 1 unspecified atom stereocenters. The van der Waals surface area contributed by atoms with E-state index in [-0.39, 0.29) is 16.9 Å². The van der Waals surface area contributed by atoms with Crippen LogP contribution in [0.15, 0.2) is 42.5 Å². The summed E-state index contributed by atoms with van der Waals surface area (Å²) in [5.41, 5.74) is 2.91. The molecule has 0 saturated carbocycles. The number of rotatable bonds is 4. The van der Waals surface area contributed by atoms with Crippen molar-refractivity contribution in [3.05, 3.63) is 59.2 Å². The average molecular weight is 298 g/mol. The maximum atomic E-state index is 11.4. The van der Waals surface area contributed by atoms with Crippen molar-refractivity contribution in [3.8, 4) is 11.5 Å². The van der Waals surface area contributed by atoms with Gasteiger partial charge in [0.2, 0.25) is 0 Å². The fraction of sp³-hybridized carbons (Fsp3) is 0.316. The van der Waals surface area contributed by atoms with Gasteiger partial charge >= 0.3 is 0 Å². The zero-order valence-electron chi connectivity index (χ0n) is 13.2. The maximum absolute atomic E-state index is 11.4. The number of phenols is 2. The molecule has 2 rings (SSSR count). The van der Waals surface area contributed by atoms with Crippen LogP contribution in [0.5, 0.6) is 11.5 Å². The van der Waals surface area contributed by atoms with E-state index >= 15 is 0 Å². The number of aldehydes is 1. The van der Waals surface area contributed by atoms with Crippen molar-refractivity contribution in [2.24, 2.45) is 0 Å². The van der Waals surface area contributed by atoms with Gasteiger partial charge in [0.1, 0.15) is 17.8 Å². The van der Waals surface area contributed by atoms with E-state index in [2.05, 4.69) is 32.9 Å². The molecule has 22 heavy (non-hydrogen) atoms. The Hall–Kier alpha value is -2.29. The van der Waals surface area contributed by atoms with E-state index in [1.807, 2.05) is 12.1 Å². The van der Waals surface area contributed by atoms with E-state index in [9.17, 15) is 15.0 Å². The van der Waals surface area contributed by atoms with Crippen molar-refractivity contribution in [1.29, 1.82) is 0 Å². The quantitative estimate of drug-likeness (QED) is 0.841. The summed E-state index contributed by atoms with van der Waals surface area (Å²) in [7, 11) is 0. The number of benzene rings is 2. The Balaban J connectivity index is 2.22. The molecule has 0 aliphatic carbocycles. The lowest BCUT2D eigenvalue weighted by molar-refractivity contribution is -0.109. The Kier molecular flexibility index (Phi) is 4.55. The molecule has 0 saturated heterocycles. The van der Waals surface area contributed by atoms with Crippen molar-refractivity contribution < 1.29 is 15.0 Å². The molecule has 0 radical (unpaired) electrons. The Labute approximate surface area is 131 Å². The van der Waals surface area contributed by atoms with Crippen LogP contribution in [-0.2, 0) is 16.6 Å². The molecule has 0 heterocycles. The van der Waals surface area contributed by atoms with E-state index in [1.165, 1.54) is 17.7 Å². The molecule has 2 N–H and O–H groups in total. The van der Waals surface area contributed by atoms with E-state index in [0.29, 0.717) is 12.0 Å². The standard InChI is InChI=1S/C19H22O3/c1-19(2,3)15-6-4-13(5-7-15)10-14(12-20)17-9-8-16(21)11-18(17)22/h4-9,11-12,14,21-22H,10H2,1-3H3. The largest absolute Gasteiger partial charge is 0.508 e. The molecule has 0 bridgehead atoms. The predicted octanol–water partition coefficient (Wildman–Crippen LogP) is 3.92. The normalized spacial score (nSPS) is 12.9. The van der Waals surface area contributed by atoms with Crippen LogP contribution in [-0.4, -0.2) is 16.5 Å².